The van der Waals surface area contributed by atoms with E-state index >= 15 is 0 Å². The largest absolute Gasteiger partial charge is 0.496 e. The Labute approximate surface area is 156 Å². The van der Waals surface area contributed by atoms with Crippen LogP contribution in [-0.4, -0.2) is 61.6 Å². The third-order valence-corrected chi connectivity index (χ3v) is 4.89. The number of carbonyl (C=O) groups excluding carboxylic acids is 1. The van der Waals surface area contributed by atoms with Gasteiger partial charge in [0.1, 0.15) is 5.75 Å². The standard InChI is InChI=1S/C19H30ClN3O2/c1-14(2)12-21-19(24)15(3)23-9-7-22(8-10-23)13-16-11-17(20)5-6-18(16)25-4/h5-6,11,14-15H,7-10,12-13H2,1-4H3,(H,21,24). The van der Waals surface area contributed by atoms with E-state index in [-0.39, 0.29) is 11.9 Å². The SMILES string of the molecule is COc1ccc(Cl)cc1CN1CCN(C(C)C(=O)NCC(C)C)CC1. The summed E-state index contributed by atoms with van der Waals surface area (Å²) >= 11 is 6.12. The second-order valence-corrected chi connectivity index (χ2v) is 7.52. The molecule has 0 aromatic heterocycles. The topological polar surface area (TPSA) is 44.8 Å². The number of ether oxygens (including phenoxy) is 1. The Hall–Kier alpha value is -1.30. The van der Waals surface area contributed by atoms with Gasteiger partial charge in [-0.15, -0.1) is 0 Å². The van der Waals surface area contributed by atoms with E-state index in [2.05, 4.69) is 29.0 Å². The predicted molar refractivity (Wildman–Crippen MR) is 102 cm³/mol. The molecule has 140 valence electrons. The van der Waals surface area contributed by atoms with Gasteiger partial charge in [0.05, 0.1) is 13.2 Å². The number of hydrogen-bond acceptors (Lipinski definition) is 4. The summed E-state index contributed by atoms with van der Waals surface area (Å²) in [5, 5.41) is 3.75. The number of nitrogens with zero attached hydrogens (tertiary/aromatic N) is 2. The van der Waals surface area contributed by atoms with Crippen molar-refractivity contribution in [1.82, 2.24) is 15.1 Å². The molecule has 0 radical (unpaired) electrons. The minimum absolute atomic E-state index is 0.0818. The maximum Gasteiger partial charge on any atom is 0.237 e. The second-order valence-electron chi connectivity index (χ2n) is 7.08. The molecule has 6 heteroatoms. The summed E-state index contributed by atoms with van der Waals surface area (Å²) < 4.78 is 5.43. The van der Waals surface area contributed by atoms with Gasteiger partial charge < -0.3 is 10.1 Å². The first-order valence-electron chi connectivity index (χ1n) is 8.97. The van der Waals surface area contributed by atoms with Crippen molar-refractivity contribution in [2.24, 2.45) is 5.92 Å². The lowest BCUT2D eigenvalue weighted by Gasteiger charge is -2.37. The zero-order valence-electron chi connectivity index (χ0n) is 15.7. The summed E-state index contributed by atoms with van der Waals surface area (Å²) in [6, 6.07) is 5.64. The van der Waals surface area contributed by atoms with Gasteiger partial charge in [0, 0.05) is 49.9 Å². The Morgan fingerprint density at radius 3 is 2.52 bits per heavy atom. The highest BCUT2D eigenvalue weighted by Gasteiger charge is 2.25. The van der Waals surface area contributed by atoms with E-state index in [4.69, 9.17) is 16.3 Å². The van der Waals surface area contributed by atoms with E-state index in [1.54, 1.807) is 7.11 Å². The van der Waals surface area contributed by atoms with Gasteiger partial charge >= 0.3 is 0 Å². The van der Waals surface area contributed by atoms with Crippen molar-refractivity contribution in [3.8, 4) is 5.75 Å². The van der Waals surface area contributed by atoms with Crippen LogP contribution in [0.3, 0.4) is 0 Å². The monoisotopic (exact) mass is 367 g/mol. The number of rotatable bonds is 7. The number of hydrogen-bond donors (Lipinski definition) is 1. The average Bonchev–Trinajstić information content (AvgIpc) is 2.60. The molecule has 2 rings (SSSR count). The minimum Gasteiger partial charge on any atom is -0.496 e. The van der Waals surface area contributed by atoms with Gasteiger partial charge in [0.25, 0.3) is 0 Å². The summed E-state index contributed by atoms with van der Waals surface area (Å²) in [5.74, 6) is 1.47. The lowest BCUT2D eigenvalue weighted by atomic mass is 10.1. The molecule has 1 atom stereocenters. The van der Waals surface area contributed by atoms with Crippen LogP contribution >= 0.6 is 11.6 Å². The fourth-order valence-corrected chi connectivity index (χ4v) is 3.23. The van der Waals surface area contributed by atoms with Crippen LogP contribution in [0, 0.1) is 5.92 Å². The van der Waals surface area contributed by atoms with Crippen LogP contribution in [0.1, 0.15) is 26.3 Å². The molecule has 1 saturated heterocycles. The molecule has 1 N–H and O–H groups in total. The summed E-state index contributed by atoms with van der Waals surface area (Å²) in [7, 11) is 1.68. The molecular formula is C19H30ClN3O2. The summed E-state index contributed by atoms with van der Waals surface area (Å²) in [4.78, 5) is 16.9. The maximum atomic E-state index is 12.2. The van der Waals surface area contributed by atoms with Crippen LogP contribution in [-0.2, 0) is 11.3 Å². The molecule has 0 aliphatic carbocycles. The zero-order chi connectivity index (χ0) is 18.4. The molecule has 1 unspecified atom stereocenters. The molecule has 0 saturated carbocycles. The maximum absolute atomic E-state index is 12.2. The van der Waals surface area contributed by atoms with Crippen LogP contribution in [0.15, 0.2) is 18.2 Å². The summed E-state index contributed by atoms with van der Waals surface area (Å²) in [6.45, 7) is 11.4. The third-order valence-electron chi connectivity index (χ3n) is 4.65. The molecule has 1 aliphatic heterocycles. The van der Waals surface area contributed by atoms with Crippen molar-refractivity contribution >= 4 is 17.5 Å². The molecule has 1 heterocycles. The van der Waals surface area contributed by atoms with Gasteiger partial charge in [-0.2, -0.15) is 0 Å². The van der Waals surface area contributed by atoms with E-state index < -0.39 is 0 Å². The highest BCUT2D eigenvalue weighted by Crippen LogP contribution is 2.24. The number of halogens is 1. The average molecular weight is 368 g/mol. The van der Waals surface area contributed by atoms with Gasteiger partial charge in [-0.25, -0.2) is 0 Å². The normalized spacial score (nSPS) is 17.5. The van der Waals surface area contributed by atoms with Crippen molar-refractivity contribution < 1.29 is 9.53 Å². The molecule has 1 amide bonds. The number of carbonyl (C=O) groups is 1. The smallest absolute Gasteiger partial charge is 0.237 e. The van der Waals surface area contributed by atoms with Crippen molar-refractivity contribution in [3.63, 3.8) is 0 Å². The zero-order valence-corrected chi connectivity index (χ0v) is 16.5. The number of amides is 1. The first-order valence-corrected chi connectivity index (χ1v) is 9.35. The Morgan fingerprint density at radius 2 is 1.92 bits per heavy atom. The number of piperazine rings is 1. The van der Waals surface area contributed by atoms with E-state index in [1.165, 1.54) is 0 Å². The van der Waals surface area contributed by atoms with Crippen LogP contribution in [0.2, 0.25) is 5.02 Å². The molecular weight excluding hydrogens is 338 g/mol. The van der Waals surface area contributed by atoms with Crippen LogP contribution in [0.25, 0.3) is 0 Å². The molecule has 1 aromatic carbocycles. The lowest BCUT2D eigenvalue weighted by Crippen LogP contribution is -2.53. The fraction of sp³-hybridized carbons (Fsp3) is 0.632. The highest BCUT2D eigenvalue weighted by molar-refractivity contribution is 6.30. The molecule has 25 heavy (non-hydrogen) atoms. The van der Waals surface area contributed by atoms with Gasteiger partial charge in [0.2, 0.25) is 5.91 Å². The Bertz CT molecular complexity index is 572. The summed E-state index contributed by atoms with van der Waals surface area (Å²) in [5.41, 5.74) is 1.10. The van der Waals surface area contributed by atoms with E-state index in [9.17, 15) is 4.79 Å². The number of methoxy groups -OCH3 is 1. The molecule has 1 aromatic rings. The van der Waals surface area contributed by atoms with E-state index in [1.807, 2.05) is 25.1 Å². The molecule has 1 aliphatic rings. The molecule has 5 nitrogen and oxygen atoms in total. The minimum atomic E-state index is -0.0818. The van der Waals surface area contributed by atoms with Gasteiger partial charge in [-0.3, -0.25) is 14.6 Å². The highest BCUT2D eigenvalue weighted by atomic mass is 35.5. The molecule has 1 fully saturated rings. The molecule has 0 bridgehead atoms. The fourth-order valence-electron chi connectivity index (χ4n) is 3.04. The second kappa shape index (κ2) is 9.41. The van der Waals surface area contributed by atoms with Crippen molar-refractivity contribution in [2.45, 2.75) is 33.4 Å². The van der Waals surface area contributed by atoms with Crippen molar-refractivity contribution in [1.29, 1.82) is 0 Å². The van der Waals surface area contributed by atoms with Gasteiger partial charge in [-0.05, 0) is 31.0 Å². The predicted octanol–water partition coefficient (Wildman–Crippen LogP) is 2.63. The quantitative estimate of drug-likeness (QED) is 0.804. The van der Waals surface area contributed by atoms with Crippen LogP contribution in [0.5, 0.6) is 5.75 Å². The van der Waals surface area contributed by atoms with Gasteiger partial charge in [-0.1, -0.05) is 25.4 Å². The van der Waals surface area contributed by atoms with Crippen LogP contribution < -0.4 is 10.1 Å². The Kier molecular flexibility index (Phi) is 7.54. The Morgan fingerprint density at radius 1 is 1.24 bits per heavy atom. The third kappa shape index (κ3) is 5.87. The number of benzene rings is 1. The van der Waals surface area contributed by atoms with Crippen LogP contribution in [0.4, 0.5) is 0 Å². The van der Waals surface area contributed by atoms with E-state index in [0.29, 0.717) is 5.92 Å². The van der Waals surface area contributed by atoms with Gasteiger partial charge in [0.15, 0.2) is 0 Å². The number of nitrogens with one attached hydrogen (secondary N) is 1. The van der Waals surface area contributed by atoms with E-state index in [0.717, 1.165) is 55.6 Å². The molecule has 0 spiro atoms. The summed E-state index contributed by atoms with van der Waals surface area (Å²) in [6.07, 6.45) is 0. The lowest BCUT2D eigenvalue weighted by molar-refractivity contribution is -0.126. The first kappa shape index (κ1) is 20.0. The Balaban J connectivity index is 1.85. The van der Waals surface area contributed by atoms with Crippen molar-refractivity contribution in [2.75, 3.05) is 39.8 Å². The first-order chi connectivity index (χ1) is 11.9. The van der Waals surface area contributed by atoms with Crippen molar-refractivity contribution in [3.05, 3.63) is 28.8 Å².